The molecule has 9 nitrogen and oxygen atoms in total. The van der Waals surface area contributed by atoms with Gasteiger partial charge in [0.2, 0.25) is 0 Å². The van der Waals surface area contributed by atoms with E-state index in [0.717, 1.165) is 0 Å². The number of amides is 1. The third kappa shape index (κ3) is 4.22. The number of nitrogens with zero attached hydrogens (tertiary/aromatic N) is 1. The fourth-order valence-electron chi connectivity index (χ4n) is 1.79. The van der Waals surface area contributed by atoms with Crippen LogP contribution in [0.4, 0.5) is 10.5 Å². The van der Waals surface area contributed by atoms with Gasteiger partial charge in [-0.1, -0.05) is 0 Å². The maximum atomic E-state index is 11.5. The normalized spacial score (nSPS) is 11.5. The van der Waals surface area contributed by atoms with Gasteiger partial charge in [0.15, 0.2) is 11.5 Å². The minimum absolute atomic E-state index is 0.0274. The van der Waals surface area contributed by atoms with Crippen LogP contribution in [0.15, 0.2) is 12.1 Å². The number of ether oxygens (including phenoxy) is 3. The van der Waals surface area contributed by atoms with Crippen molar-refractivity contribution in [2.24, 2.45) is 0 Å². The maximum absolute atomic E-state index is 11.5. The summed E-state index contributed by atoms with van der Waals surface area (Å²) in [6.07, 6.45) is -1.68. The first-order valence-corrected chi connectivity index (χ1v) is 6.40. The molecule has 1 amide bonds. The summed E-state index contributed by atoms with van der Waals surface area (Å²) in [5.74, 6) is 0.490. The van der Waals surface area contributed by atoms with E-state index in [1.54, 1.807) is 0 Å². The number of nitrogens with one attached hydrogen (secondary N) is 1. The highest BCUT2D eigenvalue weighted by molar-refractivity contribution is 5.68. The zero-order chi connectivity index (χ0) is 16.7. The molecule has 0 saturated heterocycles. The Labute approximate surface area is 126 Å². The molecule has 0 saturated carbocycles. The Balaban J connectivity index is 3.10. The van der Waals surface area contributed by atoms with E-state index in [1.165, 1.54) is 33.3 Å². The lowest BCUT2D eigenvalue weighted by Gasteiger charge is -2.16. The third-order valence-electron chi connectivity index (χ3n) is 2.83. The van der Waals surface area contributed by atoms with Gasteiger partial charge in [0.1, 0.15) is 6.10 Å². The minimum Gasteiger partial charge on any atom is -0.493 e. The third-order valence-corrected chi connectivity index (χ3v) is 2.83. The zero-order valence-corrected chi connectivity index (χ0v) is 12.5. The Kier molecular flexibility index (Phi) is 6.39. The molecule has 2 N–H and O–H groups in total. The van der Waals surface area contributed by atoms with Crippen LogP contribution in [0.5, 0.6) is 11.5 Å². The van der Waals surface area contributed by atoms with Crippen molar-refractivity contribution >= 4 is 11.8 Å². The van der Waals surface area contributed by atoms with Gasteiger partial charge in [0.05, 0.1) is 37.4 Å². The molecule has 0 aromatic heterocycles. The second kappa shape index (κ2) is 8.03. The number of carbonyl (C=O) groups excluding carboxylic acids is 1. The topological polar surface area (TPSA) is 120 Å². The predicted molar refractivity (Wildman–Crippen MR) is 76.2 cm³/mol. The lowest BCUT2D eigenvalue weighted by atomic mass is 10.1. The summed E-state index contributed by atoms with van der Waals surface area (Å²) < 4.78 is 15.2. The van der Waals surface area contributed by atoms with Crippen LogP contribution < -0.4 is 14.8 Å². The maximum Gasteiger partial charge on any atom is 0.407 e. The summed E-state index contributed by atoms with van der Waals surface area (Å²) in [5.41, 5.74) is -0.0816. The van der Waals surface area contributed by atoms with Crippen molar-refractivity contribution in [1.29, 1.82) is 0 Å². The van der Waals surface area contributed by atoms with Crippen molar-refractivity contribution in [2.75, 3.05) is 27.4 Å². The number of carbonyl (C=O) groups is 1. The molecular formula is C13H18N2O7. The molecule has 0 fully saturated rings. The van der Waals surface area contributed by atoms with Crippen LogP contribution in [0.2, 0.25) is 0 Å². The number of rotatable bonds is 7. The van der Waals surface area contributed by atoms with Gasteiger partial charge in [0, 0.05) is 6.54 Å². The molecule has 122 valence electrons. The first kappa shape index (κ1) is 17.5. The minimum atomic E-state index is -0.890. The molecule has 1 unspecified atom stereocenters. The average Bonchev–Trinajstić information content (AvgIpc) is 2.51. The summed E-state index contributed by atoms with van der Waals surface area (Å²) in [4.78, 5) is 22.1. The molecule has 22 heavy (non-hydrogen) atoms. The van der Waals surface area contributed by atoms with Crippen molar-refractivity contribution in [3.05, 3.63) is 27.8 Å². The van der Waals surface area contributed by atoms with Crippen molar-refractivity contribution in [2.45, 2.75) is 13.0 Å². The van der Waals surface area contributed by atoms with Crippen LogP contribution in [0.3, 0.4) is 0 Å². The van der Waals surface area contributed by atoms with Gasteiger partial charge in [0.25, 0.3) is 5.69 Å². The molecule has 0 aliphatic heterocycles. The van der Waals surface area contributed by atoms with E-state index >= 15 is 0 Å². The summed E-state index contributed by atoms with van der Waals surface area (Å²) >= 11 is 0. The smallest absolute Gasteiger partial charge is 0.407 e. The van der Waals surface area contributed by atoms with Crippen LogP contribution in [0.25, 0.3) is 0 Å². The van der Waals surface area contributed by atoms with Crippen LogP contribution in [0, 0.1) is 10.1 Å². The molecule has 0 bridgehead atoms. The van der Waals surface area contributed by atoms with Gasteiger partial charge < -0.3 is 24.6 Å². The largest absolute Gasteiger partial charge is 0.493 e. The van der Waals surface area contributed by atoms with Gasteiger partial charge in [-0.05, 0) is 13.0 Å². The molecule has 0 aliphatic carbocycles. The number of hydrogen-bond acceptors (Lipinski definition) is 7. The summed E-state index contributed by atoms with van der Waals surface area (Å²) in [6.45, 7) is 1.28. The molecule has 0 spiro atoms. The van der Waals surface area contributed by atoms with E-state index in [4.69, 9.17) is 19.3 Å². The van der Waals surface area contributed by atoms with Gasteiger partial charge in [-0.2, -0.15) is 0 Å². The van der Waals surface area contributed by atoms with Gasteiger partial charge in [-0.3, -0.25) is 10.1 Å². The molecule has 1 rings (SSSR count). The average molecular weight is 314 g/mol. The molecule has 0 heterocycles. The number of nitro benzene ring substituents is 1. The second-order valence-electron chi connectivity index (χ2n) is 4.22. The predicted octanol–water partition coefficient (Wildman–Crippen LogP) is 1.39. The number of hydrogen-bond donors (Lipinski definition) is 2. The molecule has 1 aromatic carbocycles. The van der Waals surface area contributed by atoms with Crippen molar-refractivity contribution in [3.63, 3.8) is 0 Å². The van der Waals surface area contributed by atoms with Crippen LogP contribution in [-0.2, 0) is 4.74 Å². The second-order valence-corrected chi connectivity index (χ2v) is 4.22. The molecule has 1 aromatic rings. The Morgan fingerprint density at radius 2 is 1.95 bits per heavy atom. The van der Waals surface area contributed by atoms with E-state index in [2.05, 4.69) is 5.32 Å². The Hall–Kier alpha value is -2.55. The quantitative estimate of drug-likeness (QED) is 0.576. The van der Waals surface area contributed by atoms with Gasteiger partial charge >= 0.3 is 6.09 Å². The van der Waals surface area contributed by atoms with E-state index in [-0.39, 0.29) is 35.9 Å². The standard InChI is InChI=1S/C13H18N2O7/c1-8(22-13(17)14-4-5-16)9-6-11(20-2)12(21-3)7-10(9)15(18)19/h6-8,16H,4-5H2,1-3H3,(H,14,17). The van der Waals surface area contributed by atoms with Gasteiger partial charge in [-0.25, -0.2) is 4.79 Å². The highest BCUT2D eigenvalue weighted by atomic mass is 16.6. The number of aliphatic hydroxyl groups excluding tert-OH is 1. The Morgan fingerprint density at radius 3 is 2.45 bits per heavy atom. The Morgan fingerprint density at radius 1 is 1.36 bits per heavy atom. The first-order chi connectivity index (χ1) is 10.4. The number of benzene rings is 1. The summed E-state index contributed by atoms with van der Waals surface area (Å²) in [5, 5.41) is 22.1. The lowest BCUT2D eigenvalue weighted by molar-refractivity contribution is -0.386. The number of aliphatic hydroxyl groups is 1. The summed E-state index contributed by atoms with van der Waals surface area (Å²) in [6, 6.07) is 2.60. The van der Waals surface area contributed by atoms with Crippen molar-refractivity contribution in [1.82, 2.24) is 5.32 Å². The van der Waals surface area contributed by atoms with Crippen molar-refractivity contribution in [3.8, 4) is 11.5 Å². The van der Waals surface area contributed by atoms with E-state index in [1.807, 2.05) is 0 Å². The highest BCUT2D eigenvalue weighted by Crippen LogP contribution is 2.38. The molecule has 9 heteroatoms. The highest BCUT2D eigenvalue weighted by Gasteiger charge is 2.25. The number of alkyl carbamates (subject to hydrolysis) is 1. The lowest BCUT2D eigenvalue weighted by Crippen LogP contribution is -2.28. The van der Waals surface area contributed by atoms with Crippen LogP contribution >= 0.6 is 0 Å². The Bertz CT molecular complexity index is 547. The number of nitro groups is 1. The molecule has 0 aliphatic rings. The monoisotopic (exact) mass is 314 g/mol. The van der Waals surface area contributed by atoms with Crippen LogP contribution in [0.1, 0.15) is 18.6 Å². The first-order valence-electron chi connectivity index (χ1n) is 6.40. The molecule has 0 radical (unpaired) electrons. The fourth-order valence-corrected chi connectivity index (χ4v) is 1.79. The zero-order valence-electron chi connectivity index (χ0n) is 12.5. The van der Waals surface area contributed by atoms with E-state index in [0.29, 0.717) is 0 Å². The van der Waals surface area contributed by atoms with E-state index in [9.17, 15) is 14.9 Å². The molecular weight excluding hydrogens is 296 g/mol. The SMILES string of the molecule is COc1cc(C(C)OC(=O)NCCO)c([N+](=O)[O-])cc1OC. The van der Waals surface area contributed by atoms with Crippen molar-refractivity contribution < 1.29 is 29.0 Å². The summed E-state index contributed by atoms with van der Waals surface area (Å²) in [7, 11) is 2.76. The van der Waals surface area contributed by atoms with Crippen LogP contribution in [-0.4, -0.2) is 43.5 Å². The molecule has 1 atom stereocenters. The number of methoxy groups -OCH3 is 2. The fraction of sp³-hybridized carbons (Fsp3) is 0.462. The van der Waals surface area contributed by atoms with Gasteiger partial charge in [-0.15, -0.1) is 0 Å². The van der Waals surface area contributed by atoms with E-state index < -0.39 is 17.1 Å².